The van der Waals surface area contributed by atoms with Crippen molar-refractivity contribution in [1.29, 1.82) is 0 Å². The molecule has 1 nitrogen and oxygen atoms in total. The Morgan fingerprint density at radius 2 is 1.88 bits per heavy atom. The monoisotopic (exact) mass is 124 g/mol. The number of hydrogen-bond donors (Lipinski definition) is 1. The Labute approximate surface area is 53.9 Å². The molecule has 1 aromatic carbocycles. The highest BCUT2D eigenvalue weighted by molar-refractivity contribution is 7.80. The Hall–Kier alpha value is -0.630. The van der Waals surface area contributed by atoms with E-state index in [-0.39, 0.29) is 0 Å². The molecular weight excluding hydrogens is 118 g/mol. The second-order valence-corrected chi connectivity index (χ2v) is 2.00. The van der Waals surface area contributed by atoms with Gasteiger partial charge in [0.15, 0.2) is 0 Å². The van der Waals surface area contributed by atoms with E-state index in [2.05, 4.69) is 12.6 Å². The molecule has 0 unspecified atom stereocenters. The van der Waals surface area contributed by atoms with Crippen LogP contribution in [0.15, 0.2) is 29.2 Å². The van der Waals surface area contributed by atoms with Crippen molar-refractivity contribution >= 4 is 18.3 Å². The van der Waals surface area contributed by atoms with Crippen LogP contribution in [0, 0.1) is 0 Å². The van der Waals surface area contributed by atoms with Crippen LogP contribution in [0.25, 0.3) is 0 Å². The van der Waals surface area contributed by atoms with Gasteiger partial charge >= 0.3 is 0 Å². The van der Waals surface area contributed by atoms with E-state index in [0.717, 1.165) is 4.90 Å². The van der Waals surface area contributed by atoms with E-state index in [0.29, 0.717) is 5.69 Å². The fourth-order valence-electron chi connectivity index (χ4n) is 0.474. The normalized spacial score (nSPS) is 9.12. The van der Waals surface area contributed by atoms with Crippen molar-refractivity contribution in [2.75, 3.05) is 0 Å². The van der Waals surface area contributed by atoms with Gasteiger partial charge in [0.2, 0.25) is 0 Å². The first-order chi connectivity index (χ1) is 3.80. The standard InChI is InChI=1S/C6H6NS/c7-5-3-1-2-4-6(5)8/h1-4,7-8H. The van der Waals surface area contributed by atoms with Gasteiger partial charge in [-0.3, -0.25) is 5.73 Å². The maximum absolute atomic E-state index is 7.14. The van der Waals surface area contributed by atoms with E-state index in [1.165, 1.54) is 0 Å². The molecule has 0 aliphatic heterocycles. The summed E-state index contributed by atoms with van der Waals surface area (Å²) >= 11 is 4.01. The lowest BCUT2D eigenvalue weighted by molar-refractivity contribution is 1.36. The maximum atomic E-state index is 7.14. The summed E-state index contributed by atoms with van der Waals surface area (Å²) in [4.78, 5) is 0.729. The molecule has 0 aromatic heterocycles. The van der Waals surface area contributed by atoms with Crippen LogP contribution < -0.4 is 5.73 Å². The highest BCUT2D eigenvalue weighted by atomic mass is 32.1. The Morgan fingerprint density at radius 3 is 2.25 bits per heavy atom. The van der Waals surface area contributed by atoms with Crippen molar-refractivity contribution < 1.29 is 0 Å². The molecule has 1 aromatic rings. The van der Waals surface area contributed by atoms with E-state index < -0.39 is 0 Å². The van der Waals surface area contributed by atoms with Gasteiger partial charge in [-0.25, -0.2) is 0 Å². The van der Waals surface area contributed by atoms with Crippen LogP contribution in [-0.2, 0) is 0 Å². The number of nitrogens with one attached hydrogen (secondary N) is 1. The zero-order valence-corrected chi connectivity index (χ0v) is 5.15. The molecule has 1 N–H and O–H groups in total. The summed E-state index contributed by atoms with van der Waals surface area (Å²) in [7, 11) is 0. The lowest BCUT2D eigenvalue weighted by Crippen LogP contribution is -1.68. The minimum Gasteiger partial charge on any atom is -0.300 e. The molecule has 8 heavy (non-hydrogen) atoms. The minimum atomic E-state index is 0.482. The van der Waals surface area contributed by atoms with Crippen molar-refractivity contribution in [2.24, 2.45) is 0 Å². The zero-order chi connectivity index (χ0) is 5.98. The molecule has 0 aliphatic rings. The van der Waals surface area contributed by atoms with Crippen LogP contribution >= 0.6 is 12.6 Å². The number of hydrogen-bond acceptors (Lipinski definition) is 1. The van der Waals surface area contributed by atoms with E-state index in [4.69, 9.17) is 5.73 Å². The van der Waals surface area contributed by atoms with Gasteiger partial charge in [-0.15, -0.1) is 12.6 Å². The van der Waals surface area contributed by atoms with E-state index in [1.54, 1.807) is 12.1 Å². The molecule has 0 fully saturated rings. The van der Waals surface area contributed by atoms with Crippen LogP contribution in [0.3, 0.4) is 0 Å². The van der Waals surface area contributed by atoms with Crippen molar-refractivity contribution in [3.63, 3.8) is 0 Å². The predicted molar refractivity (Wildman–Crippen MR) is 36.5 cm³/mol. The summed E-state index contributed by atoms with van der Waals surface area (Å²) in [5, 5.41) is 0. The maximum Gasteiger partial charge on any atom is 0.0673 e. The van der Waals surface area contributed by atoms with Crippen molar-refractivity contribution in [2.45, 2.75) is 4.90 Å². The molecule has 0 saturated heterocycles. The van der Waals surface area contributed by atoms with Gasteiger partial charge in [-0.2, -0.15) is 0 Å². The van der Waals surface area contributed by atoms with Gasteiger partial charge < -0.3 is 0 Å². The highest BCUT2D eigenvalue weighted by Crippen LogP contribution is 2.14. The van der Waals surface area contributed by atoms with Gasteiger partial charge in [0.1, 0.15) is 0 Å². The Balaban J connectivity index is 3.13. The first-order valence-electron chi connectivity index (χ1n) is 2.30. The molecule has 2 heteroatoms. The average molecular weight is 124 g/mol. The second kappa shape index (κ2) is 2.09. The third-order valence-corrected chi connectivity index (χ3v) is 1.29. The molecule has 0 spiro atoms. The Kier molecular flexibility index (Phi) is 1.44. The van der Waals surface area contributed by atoms with Gasteiger partial charge in [0.25, 0.3) is 0 Å². The SMILES string of the molecule is [NH]c1ccccc1S. The third kappa shape index (κ3) is 0.954. The summed E-state index contributed by atoms with van der Waals surface area (Å²) in [6.45, 7) is 0. The van der Waals surface area contributed by atoms with Crippen LogP contribution in [-0.4, -0.2) is 0 Å². The number of rotatable bonds is 0. The minimum absolute atomic E-state index is 0.482. The lowest BCUT2D eigenvalue weighted by atomic mass is 10.3. The molecule has 0 saturated carbocycles. The summed E-state index contributed by atoms with van der Waals surface area (Å²) in [6.07, 6.45) is 0. The Morgan fingerprint density at radius 1 is 1.25 bits per heavy atom. The summed E-state index contributed by atoms with van der Waals surface area (Å²) in [6, 6.07) is 7.19. The molecule has 0 aliphatic carbocycles. The predicted octanol–water partition coefficient (Wildman–Crippen LogP) is 1.89. The van der Waals surface area contributed by atoms with Crippen LogP contribution in [0.5, 0.6) is 0 Å². The molecule has 0 heterocycles. The summed E-state index contributed by atoms with van der Waals surface area (Å²) < 4.78 is 0. The third-order valence-electron chi connectivity index (χ3n) is 0.904. The molecule has 0 atom stereocenters. The largest absolute Gasteiger partial charge is 0.300 e. The number of thiol groups is 1. The quantitative estimate of drug-likeness (QED) is 0.511. The lowest BCUT2D eigenvalue weighted by Gasteiger charge is -1.91. The van der Waals surface area contributed by atoms with Crippen molar-refractivity contribution in [1.82, 2.24) is 5.73 Å². The fraction of sp³-hybridized carbons (Fsp3) is 0. The summed E-state index contributed by atoms with van der Waals surface area (Å²) in [5.74, 6) is 0. The van der Waals surface area contributed by atoms with Gasteiger partial charge in [-0.1, -0.05) is 12.1 Å². The van der Waals surface area contributed by atoms with Crippen LogP contribution in [0.4, 0.5) is 5.69 Å². The van der Waals surface area contributed by atoms with Gasteiger partial charge in [-0.05, 0) is 12.1 Å². The molecule has 1 rings (SSSR count). The molecule has 1 radical (unpaired) electrons. The smallest absolute Gasteiger partial charge is 0.0673 e. The van der Waals surface area contributed by atoms with Gasteiger partial charge in [0, 0.05) is 4.90 Å². The summed E-state index contributed by atoms with van der Waals surface area (Å²) in [5.41, 5.74) is 7.63. The zero-order valence-electron chi connectivity index (χ0n) is 4.26. The van der Waals surface area contributed by atoms with Crippen molar-refractivity contribution in [3.05, 3.63) is 24.3 Å². The van der Waals surface area contributed by atoms with E-state index in [9.17, 15) is 0 Å². The number of benzene rings is 1. The first-order valence-corrected chi connectivity index (χ1v) is 2.75. The topological polar surface area (TPSA) is 23.8 Å². The van der Waals surface area contributed by atoms with E-state index >= 15 is 0 Å². The fourth-order valence-corrected chi connectivity index (χ4v) is 0.634. The van der Waals surface area contributed by atoms with E-state index in [1.807, 2.05) is 12.1 Å². The van der Waals surface area contributed by atoms with Crippen molar-refractivity contribution in [3.8, 4) is 0 Å². The average Bonchev–Trinajstić information content (AvgIpc) is 1.77. The Bertz CT molecular complexity index is 165. The molecular formula is C6H6NS. The first kappa shape index (κ1) is 5.51. The van der Waals surface area contributed by atoms with Crippen LogP contribution in [0.1, 0.15) is 0 Å². The van der Waals surface area contributed by atoms with Gasteiger partial charge in [0.05, 0.1) is 5.69 Å². The molecule has 0 amide bonds. The molecule has 0 bridgehead atoms. The highest BCUT2D eigenvalue weighted by Gasteiger charge is 1.86. The molecule has 41 valence electrons. The van der Waals surface area contributed by atoms with Crippen LogP contribution in [0.2, 0.25) is 0 Å². The second-order valence-electron chi connectivity index (χ2n) is 1.52.